The number of hydrogen-bond donors (Lipinski definition) is 0. The van der Waals surface area contributed by atoms with Crippen LogP contribution in [0.4, 0.5) is 0 Å². The maximum absolute atomic E-state index is 11.1. The van der Waals surface area contributed by atoms with Gasteiger partial charge in [-0.15, -0.1) is 0 Å². The van der Waals surface area contributed by atoms with E-state index in [0.717, 1.165) is 0 Å². The van der Waals surface area contributed by atoms with Crippen LogP contribution >= 0.6 is 23.2 Å². The predicted molar refractivity (Wildman–Crippen MR) is 48.9 cm³/mol. The number of aromatic nitrogens is 1. The number of carbonyl (C=O) groups is 1. The molecular weight excluding hydrogens is 197 g/mol. The van der Waals surface area contributed by atoms with Crippen LogP contribution in [0.25, 0.3) is 0 Å². The summed E-state index contributed by atoms with van der Waals surface area (Å²) < 4.78 is 0. The van der Waals surface area contributed by atoms with Crippen LogP contribution in [0.15, 0.2) is 12.1 Å². The number of hydrogen-bond acceptors (Lipinski definition) is 2. The molecule has 4 heteroatoms. The SMILES string of the molecule is CCC(=O)c1ccc(Cl)c(Cl)n1. The lowest BCUT2D eigenvalue weighted by molar-refractivity contribution is 0.0983. The summed E-state index contributed by atoms with van der Waals surface area (Å²) in [6.45, 7) is 1.77. The molecule has 1 rings (SSSR count). The van der Waals surface area contributed by atoms with Gasteiger partial charge in [0.2, 0.25) is 0 Å². The first-order valence-electron chi connectivity index (χ1n) is 3.50. The van der Waals surface area contributed by atoms with Crippen LogP contribution in [0.3, 0.4) is 0 Å². The van der Waals surface area contributed by atoms with Gasteiger partial charge in [0.15, 0.2) is 5.78 Å². The molecular formula is C8H7Cl2NO. The van der Waals surface area contributed by atoms with Crippen molar-refractivity contribution in [1.29, 1.82) is 0 Å². The number of nitrogens with zero attached hydrogens (tertiary/aromatic N) is 1. The first kappa shape index (κ1) is 9.49. The fourth-order valence-electron chi connectivity index (χ4n) is 0.754. The van der Waals surface area contributed by atoms with Crippen molar-refractivity contribution in [1.82, 2.24) is 4.98 Å². The largest absolute Gasteiger partial charge is 0.292 e. The standard InChI is InChI=1S/C8H7Cl2NO/c1-2-7(12)6-4-3-5(9)8(10)11-6/h3-4H,2H2,1H3. The number of ketones is 1. The Kier molecular flexibility index (Phi) is 3.06. The highest BCUT2D eigenvalue weighted by Crippen LogP contribution is 2.19. The summed E-state index contributed by atoms with van der Waals surface area (Å²) in [5, 5.41) is 0.542. The van der Waals surface area contributed by atoms with E-state index in [1.807, 2.05) is 0 Å². The summed E-state index contributed by atoms with van der Waals surface area (Å²) >= 11 is 11.2. The van der Waals surface area contributed by atoms with Crippen LogP contribution in [-0.4, -0.2) is 10.8 Å². The van der Waals surface area contributed by atoms with E-state index in [0.29, 0.717) is 17.1 Å². The second kappa shape index (κ2) is 3.87. The molecule has 0 fully saturated rings. The van der Waals surface area contributed by atoms with E-state index in [1.54, 1.807) is 19.1 Å². The summed E-state index contributed by atoms with van der Waals surface area (Å²) in [5.74, 6) is -0.0337. The quantitative estimate of drug-likeness (QED) is 0.547. The molecule has 64 valence electrons. The molecule has 0 N–H and O–H groups in total. The van der Waals surface area contributed by atoms with Gasteiger partial charge in [0.05, 0.1) is 5.02 Å². The highest BCUT2D eigenvalue weighted by atomic mass is 35.5. The Morgan fingerprint density at radius 1 is 1.50 bits per heavy atom. The zero-order valence-corrected chi connectivity index (χ0v) is 7.99. The molecule has 0 aromatic carbocycles. The molecule has 1 aromatic heterocycles. The van der Waals surface area contributed by atoms with Gasteiger partial charge in [0.1, 0.15) is 10.8 Å². The Balaban J connectivity index is 3.05. The van der Waals surface area contributed by atoms with Crippen LogP contribution in [0.5, 0.6) is 0 Å². The minimum atomic E-state index is -0.0337. The third kappa shape index (κ3) is 1.96. The molecule has 0 amide bonds. The predicted octanol–water partition coefficient (Wildman–Crippen LogP) is 2.98. The van der Waals surface area contributed by atoms with E-state index in [9.17, 15) is 4.79 Å². The maximum Gasteiger partial charge on any atom is 0.180 e. The van der Waals surface area contributed by atoms with Crippen LogP contribution in [-0.2, 0) is 0 Å². The Hall–Kier alpha value is -0.600. The highest BCUT2D eigenvalue weighted by molar-refractivity contribution is 6.41. The molecule has 0 unspecified atom stereocenters. The normalized spacial score (nSPS) is 9.92. The van der Waals surface area contributed by atoms with Gasteiger partial charge in [0, 0.05) is 6.42 Å². The van der Waals surface area contributed by atoms with Crippen LogP contribution < -0.4 is 0 Å². The van der Waals surface area contributed by atoms with E-state index in [2.05, 4.69) is 4.98 Å². The van der Waals surface area contributed by atoms with Crippen molar-refractivity contribution in [3.63, 3.8) is 0 Å². The van der Waals surface area contributed by atoms with Gasteiger partial charge in [-0.25, -0.2) is 4.98 Å². The molecule has 1 aromatic rings. The van der Waals surface area contributed by atoms with Crippen LogP contribution in [0.2, 0.25) is 10.2 Å². The molecule has 0 aliphatic heterocycles. The van der Waals surface area contributed by atoms with E-state index in [1.165, 1.54) is 0 Å². The lowest BCUT2D eigenvalue weighted by Crippen LogP contribution is -1.99. The van der Waals surface area contributed by atoms with E-state index >= 15 is 0 Å². The number of Topliss-reactive ketones (excluding diaryl/α,β-unsaturated/α-hetero) is 1. The second-order valence-electron chi connectivity index (χ2n) is 2.25. The maximum atomic E-state index is 11.1. The number of rotatable bonds is 2. The van der Waals surface area contributed by atoms with Gasteiger partial charge in [-0.05, 0) is 12.1 Å². The Bertz CT molecular complexity index is 312. The second-order valence-corrected chi connectivity index (χ2v) is 3.01. The average Bonchev–Trinajstić information content (AvgIpc) is 2.08. The molecule has 2 nitrogen and oxygen atoms in total. The number of halogens is 2. The smallest absolute Gasteiger partial charge is 0.180 e. The molecule has 0 atom stereocenters. The Morgan fingerprint density at radius 3 is 2.67 bits per heavy atom. The molecule has 0 bridgehead atoms. The molecule has 0 aliphatic rings. The molecule has 0 saturated heterocycles. The summed E-state index contributed by atoms with van der Waals surface area (Å²) in [7, 11) is 0. The number of carbonyl (C=O) groups excluding carboxylic acids is 1. The van der Waals surface area contributed by atoms with Gasteiger partial charge in [0.25, 0.3) is 0 Å². The number of pyridine rings is 1. The van der Waals surface area contributed by atoms with Crippen molar-refractivity contribution in [2.24, 2.45) is 0 Å². The zero-order valence-electron chi connectivity index (χ0n) is 6.47. The monoisotopic (exact) mass is 203 g/mol. The van der Waals surface area contributed by atoms with Gasteiger partial charge < -0.3 is 0 Å². The summed E-state index contributed by atoms with van der Waals surface area (Å²) in [6, 6.07) is 3.14. The zero-order chi connectivity index (χ0) is 9.14. The Morgan fingerprint density at radius 2 is 2.17 bits per heavy atom. The van der Waals surface area contributed by atoms with Gasteiger partial charge >= 0.3 is 0 Å². The fraction of sp³-hybridized carbons (Fsp3) is 0.250. The molecule has 1 heterocycles. The van der Waals surface area contributed by atoms with Gasteiger partial charge in [-0.2, -0.15) is 0 Å². The molecule has 0 saturated carbocycles. The van der Waals surface area contributed by atoms with Crippen molar-refractivity contribution in [3.05, 3.63) is 28.0 Å². The molecule has 0 radical (unpaired) electrons. The summed E-state index contributed by atoms with van der Waals surface area (Å²) in [5.41, 5.74) is 0.368. The molecule has 0 aliphatic carbocycles. The van der Waals surface area contributed by atoms with Crippen LogP contribution in [0.1, 0.15) is 23.8 Å². The topological polar surface area (TPSA) is 30.0 Å². The first-order valence-corrected chi connectivity index (χ1v) is 4.26. The van der Waals surface area contributed by atoms with E-state index < -0.39 is 0 Å². The van der Waals surface area contributed by atoms with Gasteiger partial charge in [-0.1, -0.05) is 30.1 Å². The first-order chi connectivity index (χ1) is 5.65. The van der Waals surface area contributed by atoms with E-state index in [-0.39, 0.29) is 10.9 Å². The minimum Gasteiger partial charge on any atom is -0.292 e. The van der Waals surface area contributed by atoms with Crippen LogP contribution in [0, 0.1) is 0 Å². The minimum absolute atomic E-state index is 0.0337. The molecule has 0 spiro atoms. The summed E-state index contributed by atoms with van der Waals surface area (Å²) in [6.07, 6.45) is 0.422. The average molecular weight is 204 g/mol. The summed E-state index contributed by atoms with van der Waals surface area (Å²) in [4.78, 5) is 14.9. The van der Waals surface area contributed by atoms with Crippen molar-refractivity contribution in [2.75, 3.05) is 0 Å². The third-order valence-corrected chi connectivity index (χ3v) is 2.10. The lowest BCUT2D eigenvalue weighted by Gasteiger charge is -1.98. The molecule has 12 heavy (non-hydrogen) atoms. The Labute approximate surface area is 80.5 Å². The third-order valence-electron chi connectivity index (χ3n) is 1.41. The van der Waals surface area contributed by atoms with Crippen molar-refractivity contribution < 1.29 is 4.79 Å². The van der Waals surface area contributed by atoms with Crippen molar-refractivity contribution in [3.8, 4) is 0 Å². The lowest BCUT2D eigenvalue weighted by atomic mass is 10.2. The van der Waals surface area contributed by atoms with Gasteiger partial charge in [-0.3, -0.25) is 4.79 Å². The van der Waals surface area contributed by atoms with Crippen molar-refractivity contribution >= 4 is 29.0 Å². The fourth-order valence-corrected chi connectivity index (χ4v) is 1.01. The van der Waals surface area contributed by atoms with E-state index in [4.69, 9.17) is 23.2 Å². The highest BCUT2D eigenvalue weighted by Gasteiger charge is 2.06. The van der Waals surface area contributed by atoms with Crippen molar-refractivity contribution in [2.45, 2.75) is 13.3 Å².